The number of nitrogens with one attached hydrogen (secondary N) is 2. The van der Waals surface area contributed by atoms with Crippen molar-refractivity contribution in [1.82, 2.24) is 10.3 Å². The minimum Gasteiger partial charge on any atom is -0.321 e. The van der Waals surface area contributed by atoms with Gasteiger partial charge in [-0.25, -0.2) is 0 Å². The van der Waals surface area contributed by atoms with E-state index in [0.29, 0.717) is 12.1 Å². The van der Waals surface area contributed by atoms with Gasteiger partial charge in [-0.2, -0.15) is 13.2 Å². The molecule has 2 N–H and O–H groups in total. The average Bonchev–Trinajstić information content (AvgIpc) is 2.53. The van der Waals surface area contributed by atoms with Crippen LogP contribution >= 0.6 is 0 Å². The van der Waals surface area contributed by atoms with Crippen LogP contribution in [-0.4, -0.2) is 23.6 Å². The largest absolute Gasteiger partial charge is 0.393 e. The molecule has 0 atom stereocenters. The van der Waals surface area contributed by atoms with Crippen LogP contribution in [-0.2, 0) is 19.4 Å². The number of carbonyl (C=O) groups excluding carboxylic acids is 1. The van der Waals surface area contributed by atoms with Crippen molar-refractivity contribution in [2.45, 2.75) is 25.6 Å². The summed E-state index contributed by atoms with van der Waals surface area (Å²) in [6.07, 6.45) is -1.99. The van der Waals surface area contributed by atoms with Crippen molar-refractivity contribution < 1.29 is 18.0 Å². The molecule has 2 aromatic rings. The van der Waals surface area contributed by atoms with Crippen molar-refractivity contribution in [1.29, 1.82) is 0 Å². The van der Waals surface area contributed by atoms with Crippen LogP contribution in [0.2, 0.25) is 0 Å². The lowest BCUT2D eigenvalue weighted by molar-refractivity contribution is -0.127. The molecule has 1 aliphatic heterocycles. The fraction of sp³-hybridized carbons (Fsp3) is 0.294. The maximum Gasteiger partial charge on any atom is 0.393 e. The molecule has 0 fully saturated rings. The van der Waals surface area contributed by atoms with Crippen molar-refractivity contribution in [3.63, 3.8) is 0 Å². The molecule has 0 unspecified atom stereocenters. The number of benzene rings is 1. The monoisotopic (exact) mass is 335 g/mol. The summed E-state index contributed by atoms with van der Waals surface area (Å²) < 4.78 is 37.3. The van der Waals surface area contributed by atoms with Crippen LogP contribution in [0, 0.1) is 0 Å². The second kappa shape index (κ2) is 6.60. The number of aromatic nitrogens is 1. The zero-order chi connectivity index (χ0) is 17.2. The highest BCUT2D eigenvalue weighted by atomic mass is 19.4. The van der Waals surface area contributed by atoms with Crippen LogP contribution in [0.1, 0.15) is 27.0 Å². The molecule has 126 valence electrons. The summed E-state index contributed by atoms with van der Waals surface area (Å²) in [4.78, 5) is 16.1. The van der Waals surface area contributed by atoms with E-state index < -0.39 is 12.6 Å². The highest BCUT2D eigenvalue weighted by molar-refractivity contribution is 6.04. The molecule has 0 saturated heterocycles. The molecule has 0 spiro atoms. The SMILES string of the molecule is O=C(Nc1cncc(CC(F)(F)F)c1)c1ccc2c(c1)CNCC2. The van der Waals surface area contributed by atoms with Crippen LogP contribution in [0.25, 0.3) is 0 Å². The Balaban J connectivity index is 1.74. The second-order valence-corrected chi connectivity index (χ2v) is 5.74. The van der Waals surface area contributed by atoms with E-state index in [-0.39, 0.29) is 17.2 Å². The molecule has 7 heteroatoms. The minimum absolute atomic E-state index is 0.00920. The van der Waals surface area contributed by atoms with Crippen LogP contribution in [0.3, 0.4) is 0 Å². The smallest absolute Gasteiger partial charge is 0.321 e. The molecule has 1 amide bonds. The maximum atomic E-state index is 12.4. The molecular weight excluding hydrogens is 319 g/mol. The van der Waals surface area contributed by atoms with Crippen LogP contribution in [0.5, 0.6) is 0 Å². The maximum absolute atomic E-state index is 12.4. The van der Waals surface area contributed by atoms with Gasteiger partial charge >= 0.3 is 6.18 Å². The van der Waals surface area contributed by atoms with Crippen molar-refractivity contribution in [3.8, 4) is 0 Å². The summed E-state index contributed by atoms with van der Waals surface area (Å²) in [5.41, 5.74) is 3.00. The van der Waals surface area contributed by atoms with Gasteiger partial charge in [-0.1, -0.05) is 6.07 Å². The van der Waals surface area contributed by atoms with Crippen molar-refractivity contribution >= 4 is 11.6 Å². The summed E-state index contributed by atoms with van der Waals surface area (Å²) in [5, 5.41) is 5.84. The molecule has 0 aliphatic carbocycles. The Bertz CT molecular complexity index is 759. The standard InChI is InChI=1S/C17H16F3N3O/c18-17(19,20)7-11-5-15(10-22-8-11)23-16(24)13-2-1-12-3-4-21-9-14(12)6-13/h1-2,5-6,8,10,21H,3-4,7,9H2,(H,23,24). The molecule has 24 heavy (non-hydrogen) atoms. The number of carbonyl (C=O) groups is 1. The molecule has 0 bridgehead atoms. The van der Waals surface area contributed by atoms with Crippen molar-refractivity contribution in [3.05, 3.63) is 58.9 Å². The lowest BCUT2D eigenvalue weighted by atomic mass is 9.98. The van der Waals surface area contributed by atoms with E-state index in [9.17, 15) is 18.0 Å². The molecule has 1 aliphatic rings. The van der Waals surface area contributed by atoms with Gasteiger partial charge in [0.15, 0.2) is 0 Å². The van der Waals surface area contributed by atoms with E-state index in [1.165, 1.54) is 17.8 Å². The zero-order valence-electron chi connectivity index (χ0n) is 12.8. The molecular formula is C17H16F3N3O. The van der Waals surface area contributed by atoms with E-state index in [1.807, 2.05) is 12.1 Å². The number of rotatable bonds is 3. The number of hydrogen-bond donors (Lipinski definition) is 2. The quantitative estimate of drug-likeness (QED) is 0.906. The lowest BCUT2D eigenvalue weighted by Crippen LogP contribution is -2.24. The summed E-state index contributed by atoms with van der Waals surface area (Å²) in [6, 6.07) is 6.75. The third-order valence-corrected chi connectivity index (χ3v) is 3.81. The zero-order valence-corrected chi connectivity index (χ0v) is 12.8. The van der Waals surface area contributed by atoms with Gasteiger partial charge < -0.3 is 10.6 Å². The van der Waals surface area contributed by atoms with E-state index in [1.54, 1.807) is 6.07 Å². The van der Waals surface area contributed by atoms with Crippen molar-refractivity contribution in [2.24, 2.45) is 0 Å². The van der Waals surface area contributed by atoms with Gasteiger partial charge in [-0.3, -0.25) is 9.78 Å². The Morgan fingerprint density at radius 3 is 2.83 bits per heavy atom. The van der Waals surface area contributed by atoms with Crippen molar-refractivity contribution in [2.75, 3.05) is 11.9 Å². The Morgan fingerprint density at radius 2 is 2.04 bits per heavy atom. The number of alkyl halides is 3. The van der Waals surface area contributed by atoms with E-state index in [2.05, 4.69) is 15.6 Å². The summed E-state index contributed by atoms with van der Waals surface area (Å²) >= 11 is 0. The first-order chi connectivity index (χ1) is 11.4. The highest BCUT2D eigenvalue weighted by Crippen LogP contribution is 2.22. The van der Waals surface area contributed by atoms with Crippen LogP contribution in [0.4, 0.5) is 18.9 Å². The Labute approximate surface area is 137 Å². The number of halogens is 3. The number of nitrogens with zero attached hydrogens (tertiary/aromatic N) is 1. The predicted octanol–water partition coefficient (Wildman–Crippen LogP) is 3.08. The van der Waals surface area contributed by atoms with Crippen LogP contribution < -0.4 is 10.6 Å². The molecule has 1 aromatic carbocycles. The van der Waals surface area contributed by atoms with E-state index >= 15 is 0 Å². The molecule has 2 heterocycles. The predicted molar refractivity (Wildman–Crippen MR) is 83.8 cm³/mol. The third kappa shape index (κ3) is 4.11. The Morgan fingerprint density at radius 1 is 1.21 bits per heavy atom. The van der Waals surface area contributed by atoms with Gasteiger partial charge in [0.25, 0.3) is 5.91 Å². The number of amides is 1. The number of fused-ring (bicyclic) bond motifs is 1. The molecule has 1 aromatic heterocycles. The summed E-state index contributed by atoms with van der Waals surface area (Å²) in [6.45, 7) is 1.62. The molecule has 3 rings (SSSR count). The second-order valence-electron chi connectivity index (χ2n) is 5.74. The van der Waals surface area contributed by atoms with E-state index in [0.717, 1.165) is 24.7 Å². The molecule has 4 nitrogen and oxygen atoms in total. The van der Waals surface area contributed by atoms with Gasteiger partial charge in [0.05, 0.1) is 18.3 Å². The van der Waals surface area contributed by atoms with E-state index in [4.69, 9.17) is 0 Å². The lowest BCUT2D eigenvalue weighted by Gasteiger charge is -2.17. The Kier molecular flexibility index (Phi) is 4.53. The topological polar surface area (TPSA) is 54.0 Å². The first-order valence-electron chi connectivity index (χ1n) is 7.55. The van der Waals surface area contributed by atoms with Gasteiger partial charge in [0, 0.05) is 18.3 Å². The first kappa shape index (κ1) is 16.4. The Hall–Kier alpha value is -2.41. The third-order valence-electron chi connectivity index (χ3n) is 3.81. The van der Waals surface area contributed by atoms with Gasteiger partial charge in [-0.05, 0) is 47.9 Å². The summed E-state index contributed by atoms with van der Waals surface area (Å²) in [7, 11) is 0. The van der Waals surface area contributed by atoms with Gasteiger partial charge in [-0.15, -0.1) is 0 Å². The average molecular weight is 335 g/mol. The number of pyridine rings is 1. The fourth-order valence-corrected chi connectivity index (χ4v) is 2.71. The van der Waals surface area contributed by atoms with Gasteiger partial charge in [0.1, 0.15) is 0 Å². The minimum atomic E-state index is -4.31. The normalized spacial score (nSPS) is 14.1. The first-order valence-corrected chi connectivity index (χ1v) is 7.55. The highest BCUT2D eigenvalue weighted by Gasteiger charge is 2.27. The molecule has 0 saturated carbocycles. The number of hydrogen-bond acceptors (Lipinski definition) is 3. The van der Waals surface area contributed by atoms with Crippen LogP contribution in [0.15, 0.2) is 36.7 Å². The summed E-state index contributed by atoms with van der Waals surface area (Å²) in [5.74, 6) is -0.366. The van der Waals surface area contributed by atoms with Gasteiger partial charge in [0.2, 0.25) is 0 Å². The molecule has 0 radical (unpaired) electrons. The fourth-order valence-electron chi connectivity index (χ4n) is 2.71. The number of anilines is 1.